The van der Waals surface area contributed by atoms with E-state index in [0.717, 1.165) is 0 Å². The molecular weight excluding hydrogens is 150 g/mol. The number of nitrogens with two attached hydrogens (primary N) is 1. The molecule has 0 bridgehead atoms. The van der Waals surface area contributed by atoms with E-state index < -0.39 is 17.5 Å². The maximum atomic E-state index is 10.2. The SMILES string of the molecule is CCC(N)=C(C(=O)O)C(=O)O. The molecule has 5 nitrogen and oxygen atoms in total. The zero-order valence-corrected chi connectivity index (χ0v) is 6.00. The summed E-state index contributed by atoms with van der Waals surface area (Å²) in [6.07, 6.45) is 0.216. The van der Waals surface area contributed by atoms with Crippen molar-refractivity contribution in [2.24, 2.45) is 5.73 Å². The lowest BCUT2D eigenvalue weighted by molar-refractivity contribution is -0.140. The maximum absolute atomic E-state index is 10.2. The topological polar surface area (TPSA) is 101 Å². The number of carbonyl (C=O) groups is 2. The maximum Gasteiger partial charge on any atom is 0.344 e. The van der Waals surface area contributed by atoms with Gasteiger partial charge in [0.25, 0.3) is 0 Å². The summed E-state index contributed by atoms with van der Waals surface area (Å²) in [5.74, 6) is -3.01. The van der Waals surface area contributed by atoms with E-state index in [-0.39, 0.29) is 12.1 Å². The van der Waals surface area contributed by atoms with Crippen LogP contribution in [0.15, 0.2) is 11.3 Å². The summed E-state index contributed by atoms with van der Waals surface area (Å²) in [5, 5.41) is 16.7. The van der Waals surface area contributed by atoms with Crippen LogP contribution in [0, 0.1) is 0 Å². The minimum absolute atomic E-state index is 0.120. The molecule has 0 aliphatic rings. The Bertz CT molecular complexity index is 203. The van der Waals surface area contributed by atoms with Gasteiger partial charge in [0.2, 0.25) is 0 Å². The van der Waals surface area contributed by atoms with Gasteiger partial charge in [0.1, 0.15) is 0 Å². The Hall–Kier alpha value is -1.52. The second kappa shape index (κ2) is 3.60. The molecule has 0 aliphatic carbocycles. The summed E-state index contributed by atoms with van der Waals surface area (Å²) in [7, 11) is 0. The summed E-state index contributed by atoms with van der Waals surface area (Å²) in [4.78, 5) is 20.4. The van der Waals surface area contributed by atoms with Gasteiger partial charge in [-0.05, 0) is 6.42 Å². The van der Waals surface area contributed by atoms with Crippen LogP contribution in [0.3, 0.4) is 0 Å². The van der Waals surface area contributed by atoms with E-state index in [1.807, 2.05) is 0 Å². The van der Waals surface area contributed by atoms with Crippen LogP contribution in [0.25, 0.3) is 0 Å². The molecule has 0 saturated heterocycles. The Morgan fingerprint density at radius 3 is 1.73 bits per heavy atom. The zero-order chi connectivity index (χ0) is 9.02. The molecule has 0 aromatic rings. The zero-order valence-electron chi connectivity index (χ0n) is 6.00. The van der Waals surface area contributed by atoms with E-state index in [1.54, 1.807) is 6.92 Å². The lowest BCUT2D eigenvalue weighted by atomic mass is 10.2. The number of rotatable bonds is 3. The molecule has 0 rings (SSSR count). The Morgan fingerprint density at radius 1 is 1.27 bits per heavy atom. The average molecular weight is 159 g/mol. The summed E-state index contributed by atoms with van der Waals surface area (Å²) in [6, 6.07) is 0. The Kier molecular flexibility index (Phi) is 3.10. The van der Waals surface area contributed by atoms with Crippen molar-refractivity contribution in [2.45, 2.75) is 13.3 Å². The van der Waals surface area contributed by atoms with Gasteiger partial charge in [-0.3, -0.25) is 0 Å². The highest BCUT2D eigenvalue weighted by Crippen LogP contribution is 2.02. The van der Waals surface area contributed by atoms with Gasteiger partial charge in [-0.15, -0.1) is 0 Å². The average Bonchev–Trinajstić information content (AvgIpc) is 1.85. The van der Waals surface area contributed by atoms with Crippen LogP contribution in [0.4, 0.5) is 0 Å². The third-order valence-electron chi connectivity index (χ3n) is 1.13. The van der Waals surface area contributed by atoms with Crippen LogP contribution in [0.2, 0.25) is 0 Å². The third-order valence-corrected chi connectivity index (χ3v) is 1.13. The first-order valence-corrected chi connectivity index (χ1v) is 2.95. The third kappa shape index (κ3) is 2.29. The molecule has 0 unspecified atom stereocenters. The highest BCUT2D eigenvalue weighted by molar-refractivity contribution is 6.13. The molecule has 62 valence electrons. The molecule has 0 saturated carbocycles. The highest BCUT2D eigenvalue weighted by Gasteiger charge is 2.18. The van der Waals surface area contributed by atoms with Crippen molar-refractivity contribution in [2.75, 3.05) is 0 Å². The summed E-state index contributed by atoms with van der Waals surface area (Å²) < 4.78 is 0. The van der Waals surface area contributed by atoms with E-state index in [0.29, 0.717) is 0 Å². The monoisotopic (exact) mass is 159 g/mol. The molecule has 5 heteroatoms. The van der Waals surface area contributed by atoms with Crippen LogP contribution >= 0.6 is 0 Å². The van der Waals surface area contributed by atoms with Crippen LogP contribution in [-0.2, 0) is 9.59 Å². The van der Waals surface area contributed by atoms with Gasteiger partial charge in [-0.2, -0.15) is 0 Å². The summed E-state index contributed by atoms with van der Waals surface area (Å²) in [5.41, 5.74) is 4.27. The van der Waals surface area contributed by atoms with Crippen molar-refractivity contribution in [3.05, 3.63) is 11.3 Å². The van der Waals surface area contributed by atoms with Crippen molar-refractivity contribution >= 4 is 11.9 Å². The van der Waals surface area contributed by atoms with E-state index in [2.05, 4.69) is 0 Å². The molecule has 0 aromatic heterocycles. The summed E-state index contributed by atoms with van der Waals surface area (Å²) >= 11 is 0. The second-order valence-electron chi connectivity index (χ2n) is 1.86. The fraction of sp³-hybridized carbons (Fsp3) is 0.333. The molecule has 0 aromatic carbocycles. The number of aliphatic carboxylic acids is 2. The van der Waals surface area contributed by atoms with E-state index in [9.17, 15) is 9.59 Å². The van der Waals surface area contributed by atoms with Crippen molar-refractivity contribution in [3.63, 3.8) is 0 Å². The molecule has 0 heterocycles. The van der Waals surface area contributed by atoms with E-state index in [4.69, 9.17) is 15.9 Å². The predicted octanol–water partition coefficient (Wildman–Crippen LogP) is -0.222. The molecule has 11 heavy (non-hydrogen) atoms. The van der Waals surface area contributed by atoms with Gasteiger partial charge in [0, 0.05) is 5.70 Å². The van der Waals surface area contributed by atoms with Gasteiger partial charge >= 0.3 is 11.9 Å². The fourth-order valence-corrected chi connectivity index (χ4v) is 0.543. The molecule has 0 radical (unpaired) electrons. The fourth-order valence-electron chi connectivity index (χ4n) is 0.543. The Morgan fingerprint density at radius 2 is 1.64 bits per heavy atom. The number of allylic oxidation sites excluding steroid dienone is 1. The van der Waals surface area contributed by atoms with Crippen molar-refractivity contribution in [1.29, 1.82) is 0 Å². The molecular formula is C6H9NO4. The van der Waals surface area contributed by atoms with E-state index in [1.165, 1.54) is 0 Å². The van der Waals surface area contributed by atoms with E-state index >= 15 is 0 Å². The number of hydrogen-bond acceptors (Lipinski definition) is 3. The first kappa shape index (κ1) is 9.48. The summed E-state index contributed by atoms with van der Waals surface area (Å²) in [6.45, 7) is 1.58. The number of carboxylic acid groups (broad SMARTS) is 2. The second-order valence-corrected chi connectivity index (χ2v) is 1.86. The lowest BCUT2D eigenvalue weighted by Gasteiger charge is -1.99. The first-order chi connectivity index (χ1) is 5.00. The first-order valence-electron chi connectivity index (χ1n) is 2.95. The van der Waals surface area contributed by atoms with Gasteiger partial charge in [-0.1, -0.05) is 6.92 Å². The highest BCUT2D eigenvalue weighted by atomic mass is 16.4. The Labute approximate surface area is 63.1 Å². The standard InChI is InChI=1S/C6H9NO4/c1-2-3(7)4(5(8)9)6(10)11/h2,7H2,1H3,(H,8,9)(H,10,11). The van der Waals surface area contributed by atoms with Gasteiger partial charge in [0.05, 0.1) is 0 Å². The largest absolute Gasteiger partial charge is 0.477 e. The predicted molar refractivity (Wildman–Crippen MR) is 36.8 cm³/mol. The van der Waals surface area contributed by atoms with Gasteiger partial charge < -0.3 is 15.9 Å². The smallest absolute Gasteiger partial charge is 0.344 e. The van der Waals surface area contributed by atoms with Crippen molar-refractivity contribution in [3.8, 4) is 0 Å². The molecule has 0 fully saturated rings. The number of carboxylic acids is 2. The van der Waals surface area contributed by atoms with Gasteiger partial charge in [-0.25, -0.2) is 9.59 Å². The van der Waals surface area contributed by atoms with Crippen molar-refractivity contribution < 1.29 is 19.8 Å². The van der Waals surface area contributed by atoms with Crippen LogP contribution in [0.1, 0.15) is 13.3 Å². The van der Waals surface area contributed by atoms with Crippen LogP contribution in [-0.4, -0.2) is 22.2 Å². The normalized spacial score (nSPS) is 8.82. The molecule has 4 N–H and O–H groups in total. The minimum Gasteiger partial charge on any atom is -0.477 e. The molecule has 0 spiro atoms. The Balaban J connectivity index is 4.88. The number of hydrogen-bond donors (Lipinski definition) is 3. The van der Waals surface area contributed by atoms with Gasteiger partial charge in [0.15, 0.2) is 5.57 Å². The molecule has 0 amide bonds. The van der Waals surface area contributed by atoms with Crippen LogP contribution < -0.4 is 5.73 Å². The lowest BCUT2D eigenvalue weighted by Crippen LogP contribution is -2.17. The quantitative estimate of drug-likeness (QED) is 0.300. The van der Waals surface area contributed by atoms with Crippen LogP contribution in [0.5, 0.6) is 0 Å². The minimum atomic E-state index is -1.50. The van der Waals surface area contributed by atoms with Crippen molar-refractivity contribution in [1.82, 2.24) is 0 Å². The molecule has 0 aliphatic heterocycles. The molecule has 0 atom stereocenters.